The molecule has 0 aromatic carbocycles. The highest BCUT2D eigenvalue weighted by atomic mass is 19.4. The Hall–Kier alpha value is -0.290. The fourth-order valence-corrected chi connectivity index (χ4v) is 4.06. The van der Waals surface area contributed by atoms with Crippen LogP contribution in [0.2, 0.25) is 0 Å². The molecule has 0 aromatic heterocycles. The summed E-state index contributed by atoms with van der Waals surface area (Å²) in [5.41, 5.74) is 6.15. The lowest BCUT2D eigenvalue weighted by Crippen LogP contribution is -2.48. The molecular weight excluding hydrogens is 265 g/mol. The molecule has 0 spiro atoms. The summed E-state index contributed by atoms with van der Waals surface area (Å²) in [6.07, 6.45) is 1.21. The minimum atomic E-state index is -4.02. The zero-order chi connectivity index (χ0) is 14.8. The summed E-state index contributed by atoms with van der Waals surface area (Å²) in [5, 5.41) is 0. The average Bonchev–Trinajstić information content (AvgIpc) is 2.38. The van der Waals surface area contributed by atoms with E-state index in [-0.39, 0.29) is 18.3 Å². The smallest absolute Gasteiger partial charge is 0.330 e. The lowest BCUT2D eigenvalue weighted by atomic mass is 9.69. The number of hydrogen-bond acceptors (Lipinski definition) is 2. The molecule has 1 saturated carbocycles. The van der Waals surface area contributed by atoms with Crippen LogP contribution in [0.25, 0.3) is 0 Å². The molecule has 2 atom stereocenters. The van der Waals surface area contributed by atoms with Crippen LogP contribution in [0.4, 0.5) is 13.2 Å². The Labute approximate surface area is 119 Å². The van der Waals surface area contributed by atoms with Gasteiger partial charge in [-0.1, -0.05) is 19.8 Å². The molecule has 2 nitrogen and oxygen atoms in total. The summed E-state index contributed by atoms with van der Waals surface area (Å²) in [6.45, 7) is 4.95. The van der Waals surface area contributed by atoms with Gasteiger partial charge in [0.15, 0.2) is 0 Å². The summed E-state index contributed by atoms with van der Waals surface area (Å²) >= 11 is 0. The van der Waals surface area contributed by atoms with Gasteiger partial charge in [0.1, 0.15) is 0 Å². The predicted molar refractivity (Wildman–Crippen MR) is 74.3 cm³/mol. The van der Waals surface area contributed by atoms with Crippen molar-refractivity contribution in [2.24, 2.45) is 23.0 Å². The van der Waals surface area contributed by atoms with Crippen molar-refractivity contribution >= 4 is 0 Å². The fourth-order valence-electron chi connectivity index (χ4n) is 4.06. The number of rotatable bonds is 3. The molecule has 0 bridgehead atoms. The Bertz CT molecular complexity index is 311. The second-order valence-electron chi connectivity index (χ2n) is 7.00. The first-order valence-corrected chi connectivity index (χ1v) is 7.84. The van der Waals surface area contributed by atoms with Gasteiger partial charge in [0.05, 0.1) is 5.92 Å². The van der Waals surface area contributed by atoms with Gasteiger partial charge in [-0.15, -0.1) is 0 Å². The Balaban J connectivity index is 1.87. The average molecular weight is 292 g/mol. The van der Waals surface area contributed by atoms with Crippen LogP contribution in [-0.2, 0) is 0 Å². The van der Waals surface area contributed by atoms with E-state index in [1.807, 2.05) is 0 Å². The molecule has 2 fully saturated rings. The van der Waals surface area contributed by atoms with Gasteiger partial charge < -0.3 is 10.6 Å². The molecule has 118 valence electrons. The molecule has 1 aliphatic heterocycles. The summed E-state index contributed by atoms with van der Waals surface area (Å²) < 4.78 is 38.0. The SMILES string of the molecule is CC1CCCC(CN)(CN2CCC(C(F)(F)F)CC2)C1. The third kappa shape index (κ3) is 3.88. The van der Waals surface area contributed by atoms with Crippen LogP contribution in [0.1, 0.15) is 45.4 Å². The Morgan fingerprint density at radius 2 is 1.85 bits per heavy atom. The zero-order valence-electron chi connectivity index (χ0n) is 12.4. The molecule has 1 saturated heterocycles. The van der Waals surface area contributed by atoms with E-state index in [1.54, 1.807) is 0 Å². The molecule has 1 aliphatic carbocycles. The Morgan fingerprint density at radius 3 is 2.35 bits per heavy atom. The van der Waals surface area contributed by atoms with Crippen molar-refractivity contribution in [3.63, 3.8) is 0 Å². The first-order valence-electron chi connectivity index (χ1n) is 7.84. The number of hydrogen-bond donors (Lipinski definition) is 1. The van der Waals surface area contributed by atoms with E-state index in [2.05, 4.69) is 11.8 Å². The van der Waals surface area contributed by atoms with Crippen molar-refractivity contribution in [1.29, 1.82) is 0 Å². The van der Waals surface area contributed by atoms with Crippen molar-refractivity contribution < 1.29 is 13.2 Å². The highest BCUT2D eigenvalue weighted by Gasteiger charge is 2.42. The van der Waals surface area contributed by atoms with Crippen LogP contribution in [0, 0.1) is 17.3 Å². The van der Waals surface area contributed by atoms with E-state index in [0.717, 1.165) is 19.4 Å². The lowest BCUT2D eigenvalue weighted by molar-refractivity contribution is -0.185. The quantitative estimate of drug-likeness (QED) is 0.863. The first-order chi connectivity index (χ1) is 9.35. The van der Waals surface area contributed by atoms with Crippen molar-refractivity contribution in [3.05, 3.63) is 0 Å². The van der Waals surface area contributed by atoms with Gasteiger partial charge in [-0.05, 0) is 56.7 Å². The van der Waals surface area contributed by atoms with Crippen molar-refractivity contribution in [2.45, 2.75) is 51.6 Å². The number of nitrogens with zero attached hydrogens (tertiary/aromatic N) is 1. The van der Waals surface area contributed by atoms with Crippen LogP contribution in [0.3, 0.4) is 0 Å². The molecule has 2 N–H and O–H groups in total. The molecule has 0 radical (unpaired) electrons. The molecular formula is C15H27F3N2. The number of likely N-dealkylation sites (tertiary alicyclic amines) is 1. The van der Waals surface area contributed by atoms with Gasteiger partial charge in [0, 0.05) is 6.54 Å². The largest absolute Gasteiger partial charge is 0.391 e. The van der Waals surface area contributed by atoms with E-state index >= 15 is 0 Å². The van der Waals surface area contributed by atoms with Crippen LogP contribution < -0.4 is 5.73 Å². The molecule has 20 heavy (non-hydrogen) atoms. The minimum Gasteiger partial charge on any atom is -0.330 e. The first kappa shape index (κ1) is 16.1. The predicted octanol–water partition coefficient (Wildman–Crippen LogP) is 3.42. The van der Waals surface area contributed by atoms with Crippen LogP contribution in [0.5, 0.6) is 0 Å². The van der Waals surface area contributed by atoms with Crippen molar-refractivity contribution in [2.75, 3.05) is 26.2 Å². The van der Waals surface area contributed by atoms with Gasteiger partial charge in [-0.25, -0.2) is 0 Å². The maximum Gasteiger partial charge on any atom is 0.391 e. The normalized spacial score (nSPS) is 34.4. The topological polar surface area (TPSA) is 29.3 Å². The van der Waals surface area contributed by atoms with Crippen LogP contribution in [-0.4, -0.2) is 37.3 Å². The van der Waals surface area contributed by atoms with Gasteiger partial charge in [0.25, 0.3) is 0 Å². The zero-order valence-corrected chi connectivity index (χ0v) is 12.4. The van der Waals surface area contributed by atoms with Crippen molar-refractivity contribution in [1.82, 2.24) is 4.90 Å². The summed E-state index contributed by atoms with van der Waals surface area (Å²) in [5.74, 6) is -0.405. The maximum atomic E-state index is 12.7. The Morgan fingerprint density at radius 1 is 1.20 bits per heavy atom. The maximum absolute atomic E-state index is 12.7. The molecule has 5 heteroatoms. The monoisotopic (exact) mass is 292 g/mol. The summed E-state index contributed by atoms with van der Waals surface area (Å²) in [7, 11) is 0. The second kappa shape index (κ2) is 6.22. The highest BCUT2D eigenvalue weighted by Crippen LogP contribution is 2.41. The number of alkyl halides is 3. The van der Waals surface area contributed by atoms with E-state index in [4.69, 9.17) is 5.73 Å². The van der Waals surface area contributed by atoms with Gasteiger partial charge in [-0.3, -0.25) is 0 Å². The highest BCUT2D eigenvalue weighted by molar-refractivity contribution is 4.90. The number of nitrogens with two attached hydrogens (primary N) is 1. The molecule has 1 heterocycles. The minimum absolute atomic E-state index is 0.142. The van der Waals surface area contributed by atoms with Gasteiger partial charge in [-0.2, -0.15) is 13.2 Å². The molecule has 2 rings (SSSR count). The molecule has 2 aliphatic rings. The van der Waals surface area contributed by atoms with E-state index in [9.17, 15) is 13.2 Å². The van der Waals surface area contributed by atoms with E-state index < -0.39 is 12.1 Å². The van der Waals surface area contributed by atoms with E-state index in [1.165, 1.54) is 12.8 Å². The van der Waals surface area contributed by atoms with E-state index in [0.29, 0.717) is 25.6 Å². The Kier molecular flexibility index (Phi) is 5.00. The standard InChI is InChI=1S/C15H27F3N2/c1-12-3-2-6-14(9-12,10-19)11-20-7-4-13(5-8-20)15(16,17)18/h12-13H,2-11,19H2,1H3. The number of piperidine rings is 1. The van der Waals surface area contributed by atoms with Crippen LogP contribution >= 0.6 is 0 Å². The molecule has 0 aromatic rings. The van der Waals surface area contributed by atoms with Crippen LogP contribution in [0.15, 0.2) is 0 Å². The third-order valence-corrected chi connectivity index (χ3v) is 5.23. The third-order valence-electron chi connectivity index (χ3n) is 5.23. The van der Waals surface area contributed by atoms with Gasteiger partial charge >= 0.3 is 6.18 Å². The van der Waals surface area contributed by atoms with Crippen molar-refractivity contribution in [3.8, 4) is 0 Å². The fraction of sp³-hybridized carbons (Fsp3) is 1.00. The lowest BCUT2D eigenvalue weighted by Gasteiger charge is -2.44. The summed E-state index contributed by atoms with van der Waals surface area (Å²) in [4.78, 5) is 2.22. The molecule has 2 unspecified atom stereocenters. The molecule has 0 amide bonds. The van der Waals surface area contributed by atoms with Gasteiger partial charge in [0.2, 0.25) is 0 Å². The number of halogens is 3. The summed E-state index contributed by atoms with van der Waals surface area (Å²) in [6, 6.07) is 0. The second-order valence-corrected chi connectivity index (χ2v) is 7.00.